The van der Waals surface area contributed by atoms with Crippen molar-refractivity contribution in [3.63, 3.8) is 0 Å². The number of rotatable bonds is 5. The van der Waals surface area contributed by atoms with Crippen molar-refractivity contribution in [2.45, 2.75) is 81.8 Å². The summed E-state index contributed by atoms with van der Waals surface area (Å²) in [4.78, 5) is 31.4. The van der Waals surface area contributed by atoms with Gasteiger partial charge in [0.25, 0.3) is 0 Å². The van der Waals surface area contributed by atoms with Crippen molar-refractivity contribution in [1.82, 2.24) is 24.6 Å². The van der Waals surface area contributed by atoms with E-state index in [4.69, 9.17) is 26.1 Å². The van der Waals surface area contributed by atoms with Gasteiger partial charge in [-0.2, -0.15) is 4.98 Å². The van der Waals surface area contributed by atoms with E-state index >= 15 is 0 Å². The van der Waals surface area contributed by atoms with E-state index in [1.54, 1.807) is 0 Å². The fourth-order valence-electron chi connectivity index (χ4n) is 5.91. The van der Waals surface area contributed by atoms with E-state index in [1.165, 1.54) is 49.4 Å². The van der Waals surface area contributed by atoms with Crippen molar-refractivity contribution in [1.29, 1.82) is 0 Å². The molecule has 3 unspecified atom stereocenters. The zero-order valence-corrected chi connectivity index (χ0v) is 19.7. The highest BCUT2D eigenvalue weighted by Gasteiger charge is 2.45. The van der Waals surface area contributed by atoms with Gasteiger partial charge < -0.3 is 24.7 Å². The van der Waals surface area contributed by atoms with E-state index in [1.807, 2.05) is 5.09 Å². The van der Waals surface area contributed by atoms with Crippen molar-refractivity contribution >= 4 is 30.5 Å². The first-order valence-electron chi connectivity index (χ1n) is 11.4. The lowest BCUT2D eigenvalue weighted by Crippen LogP contribution is -2.36. The maximum Gasteiger partial charge on any atom is 0.400 e. The van der Waals surface area contributed by atoms with Crippen LogP contribution < -0.4 is 5.09 Å². The number of halogens is 1. The lowest BCUT2D eigenvalue weighted by atomic mass is 9.72. The highest BCUT2D eigenvalue weighted by molar-refractivity contribution is 7.49. The summed E-state index contributed by atoms with van der Waals surface area (Å²) in [7, 11) is -4.50. The third-order valence-corrected chi connectivity index (χ3v) is 8.30. The van der Waals surface area contributed by atoms with Crippen LogP contribution in [0.3, 0.4) is 0 Å². The third-order valence-electron chi connectivity index (χ3n) is 7.53. The highest BCUT2D eigenvalue weighted by Crippen LogP contribution is 2.54. The van der Waals surface area contributed by atoms with Gasteiger partial charge in [0, 0.05) is 12.5 Å². The number of hydrogen-bond donors (Lipinski definition) is 5. The zero-order valence-electron chi connectivity index (χ0n) is 18.0. The minimum atomic E-state index is -4.50. The number of aromatic nitrogens is 4. The Hall–Kier alpha value is -1.17. The molecule has 0 amide bonds. The van der Waals surface area contributed by atoms with Crippen LogP contribution in [0, 0.1) is 5.41 Å². The molecule has 3 fully saturated rings. The molecule has 1 aliphatic heterocycles. The van der Waals surface area contributed by atoms with Gasteiger partial charge in [0.2, 0.25) is 5.28 Å². The first kappa shape index (κ1) is 23.6. The smallest absolute Gasteiger partial charge is 0.387 e. The van der Waals surface area contributed by atoms with Crippen molar-refractivity contribution < 1.29 is 29.3 Å². The fourth-order valence-corrected chi connectivity index (χ4v) is 6.50. The number of aliphatic hydroxyl groups excluding tert-OH is 2. The van der Waals surface area contributed by atoms with Crippen LogP contribution in [-0.2, 0) is 9.30 Å². The molecular formula is C20H29ClN5O6P. The summed E-state index contributed by atoms with van der Waals surface area (Å²) in [5.74, 6) is 0.231. The second kappa shape index (κ2) is 8.80. The molecule has 1 spiro atoms. The molecule has 0 aromatic carbocycles. The first-order chi connectivity index (χ1) is 15.7. The van der Waals surface area contributed by atoms with Gasteiger partial charge in [-0.3, -0.25) is 4.57 Å². The molecule has 13 heteroatoms. The lowest BCUT2D eigenvalue weighted by Gasteiger charge is -2.33. The SMILES string of the molecule is O=P(O)(O)NC[C@H]1O[C@@H](n2cnc3c(C4CCC5(CCCCC5)C4)nc(Cl)nc32)C(O)C1O. The van der Waals surface area contributed by atoms with Crippen LogP contribution in [0.1, 0.15) is 69.2 Å². The van der Waals surface area contributed by atoms with E-state index in [0.717, 1.165) is 18.5 Å². The van der Waals surface area contributed by atoms with E-state index in [0.29, 0.717) is 16.6 Å². The molecule has 0 radical (unpaired) electrons. The molecule has 2 aromatic heterocycles. The quantitative estimate of drug-likeness (QED) is 0.302. The van der Waals surface area contributed by atoms with Crippen molar-refractivity contribution in [3.8, 4) is 0 Å². The van der Waals surface area contributed by atoms with E-state index < -0.39 is 32.3 Å². The van der Waals surface area contributed by atoms with Crippen molar-refractivity contribution in [2.75, 3.05) is 6.54 Å². The predicted molar refractivity (Wildman–Crippen MR) is 118 cm³/mol. The number of nitrogens with one attached hydrogen (secondary N) is 1. The predicted octanol–water partition coefficient (Wildman–Crippen LogP) is 2.00. The molecule has 1 saturated heterocycles. The largest absolute Gasteiger partial charge is 0.400 e. The Morgan fingerprint density at radius 1 is 1.18 bits per heavy atom. The van der Waals surface area contributed by atoms with Crippen LogP contribution in [0.25, 0.3) is 11.2 Å². The van der Waals surface area contributed by atoms with Gasteiger partial charge in [-0.1, -0.05) is 19.3 Å². The minimum absolute atomic E-state index is 0.0802. The summed E-state index contributed by atoms with van der Waals surface area (Å²) in [6.45, 7) is -0.337. The Kier molecular flexibility index (Phi) is 6.29. The molecule has 0 bridgehead atoms. The molecular weight excluding hydrogens is 473 g/mol. The Morgan fingerprint density at radius 3 is 2.67 bits per heavy atom. The third kappa shape index (κ3) is 4.58. The van der Waals surface area contributed by atoms with E-state index in [2.05, 4.69) is 15.0 Å². The molecule has 2 aromatic rings. The van der Waals surface area contributed by atoms with Crippen LogP contribution in [0.4, 0.5) is 0 Å². The van der Waals surface area contributed by atoms with Crippen molar-refractivity contribution in [3.05, 3.63) is 17.3 Å². The normalized spacial score (nSPS) is 32.2. The standard InChI is InChI=1S/C20H29ClN5O6P/c21-19-24-13(11-4-7-20(8-11)5-2-1-3-6-20)14-17(25-19)26(10-22-14)18-16(28)15(27)12(32-18)9-23-33(29,30)31/h10-12,15-16,18,27-28H,1-9H2,(H3,23,29,30,31)/t11?,12-,15?,16?,18-/m1/s1. The maximum absolute atomic E-state index is 11.1. The van der Waals surface area contributed by atoms with Crippen LogP contribution in [0.15, 0.2) is 6.33 Å². The summed E-state index contributed by atoms with van der Waals surface area (Å²) in [5, 5.41) is 23.0. The van der Waals surface area contributed by atoms with Gasteiger partial charge in [0.15, 0.2) is 11.9 Å². The van der Waals surface area contributed by atoms with Gasteiger partial charge >= 0.3 is 7.75 Å². The average molecular weight is 502 g/mol. The molecule has 182 valence electrons. The summed E-state index contributed by atoms with van der Waals surface area (Å²) in [5.41, 5.74) is 2.18. The molecule has 3 heterocycles. The second-order valence-electron chi connectivity index (χ2n) is 9.65. The monoisotopic (exact) mass is 501 g/mol. The first-order valence-corrected chi connectivity index (χ1v) is 13.4. The van der Waals surface area contributed by atoms with E-state index in [9.17, 15) is 14.8 Å². The van der Waals surface area contributed by atoms with Crippen molar-refractivity contribution in [2.24, 2.45) is 5.41 Å². The molecule has 11 nitrogen and oxygen atoms in total. The van der Waals surface area contributed by atoms with Gasteiger partial charge in [0.1, 0.15) is 23.8 Å². The summed E-state index contributed by atoms with van der Waals surface area (Å²) in [6.07, 6.45) is 6.31. The Labute approximate surface area is 195 Å². The number of imidazole rings is 1. The Balaban J connectivity index is 1.42. The summed E-state index contributed by atoms with van der Waals surface area (Å²) < 4.78 is 18.4. The summed E-state index contributed by atoms with van der Waals surface area (Å²) in [6, 6.07) is 0. The number of nitrogens with zero attached hydrogens (tertiary/aromatic N) is 4. The van der Waals surface area contributed by atoms with Gasteiger partial charge in [0.05, 0.1) is 12.0 Å². The van der Waals surface area contributed by atoms with Gasteiger partial charge in [-0.05, 0) is 49.1 Å². The van der Waals surface area contributed by atoms with E-state index in [-0.39, 0.29) is 17.7 Å². The molecule has 5 N–H and O–H groups in total. The molecule has 2 saturated carbocycles. The average Bonchev–Trinajstić information content (AvgIpc) is 3.44. The maximum atomic E-state index is 11.1. The molecule has 5 rings (SSSR count). The molecule has 2 aliphatic carbocycles. The molecule has 3 aliphatic rings. The number of ether oxygens (including phenoxy) is 1. The fraction of sp³-hybridized carbons (Fsp3) is 0.750. The van der Waals surface area contributed by atoms with Crippen LogP contribution in [0.2, 0.25) is 5.28 Å². The van der Waals surface area contributed by atoms with Crippen LogP contribution >= 0.6 is 19.3 Å². The molecule has 5 atom stereocenters. The summed E-state index contributed by atoms with van der Waals surface area (Å²) >= 11 is 6.30. The topological polar surface area (TPSA) is 163 Å². The Bertz CT molecular complexity index is 1070. The zero-order chi connectivity index (χ0) is 23.4. The number of aliphatic hydroxyl groups is 2. The number of fused-ring (bicyclic) bond motifs is 1. The minimum Gasteiger partial charge on any atom is -0.387 e. The lowest BCUT2D eigenvalue weighted by molar-refractivity contribution is -0.0333. The highest BCUT2D eigenvalue weighted by atomic mass is 35.5. The Morgan fingerprint density at radius 2 is 1.94 bits per heavy atom. The number of hydrogen-bond acceptors (Lipinski definition) is 7. The van der Waals surface area contributed by atoms with Gasteiger partial charge in [-0.15, -0.1) is 0 Å². The van der Waals surface area contributed by atoms with Crippen LogP contribution in [0.5, 0.6) is 0 Å². The molecule has 33 heavy (non-hydrogen) atoms. The van der Waals surface area contributed by atoms with Crippen LogP contribution in [-0.4, -0.2) is 64.4 Å². The second-order valence-corrected chi connectivity index (χ2v) is 11.4. The van der Waals surface area contributed by atoms with Gasteiger partial charge in [-0.25, -0.2) is 19.6 Å².